The monoisotopic (exact) mass is 491 g/mol. The molecule has 2 rings (SSSR count). The van der Waals surface area contributed by atoms with Gasteiger partial charge in [0.05, 0.1) is 28.3 Å². The normalized spacial score (nSPS) is 16.3. The molecular formula is C21H32Cl3N5O2. The number of halogens is 3. The summed E-state index contributed by atoms with van der Waals surface area (Å²) in [5, 5.41) is 2.72. The lowest BCUT2D eigenvalue weighted by atomic mass is 10.1. The van der Waals surface area contributed by atoms with E-state index in [-0.39, 0.29) is 18.1 Å². The van der Waals surface area contributed by atoms with E-state index in [0.29, 0.717) is 40.5 Å². The van der Waals surface area contributed by atoms with Crippen LogP contribution in [0.1, 0.15) is 64.7 Å². The second-order valence-electron chi connectivity index (χ2n) is 7.41. The van der Waals surface area contributed by atoms with Crippen molar-refractivity contribution in [1.82, 2.24) is 5.06 Å². The highest BCUT2D eigenvalue weighted by atomic mass is 35.5. The van der Waals surface area contributed by atoms with Crippen LogP contribution in [-0.4, -0.2) is 36.4 Å². The summed E-state index contributed by atoms with van der Waals surface area (Å²) in [6.45, 7) is 2.98. The van der Waals surface area contributed by atoms with E-state index < -0.39 is 0 Å². The molecule has 1 aromatic carbocycles. The zero-order valence-electron chi connectivity index (χ0n) is 18.0. The van der Waals surface area contributed by atoms with Crippen molar-refractivity contribution in [2.75, 3.05) is 13.2 Å². The second-order valence-corrected chi connectivity index (χ2v) is 8.63. The van der Waals surface area contributed by atoms with Gasteiger partial charge in [0.15, 0.2) is 6.17 Å². The molecule has 0 saturated heterocycles. The smallest absolute Gasteiger partial charge is 0.225 e. The number of nitrogens with zero attached hydrogens (tertiary/aromatic N) is 3. The number of rotatable bonds is 14. The number of unbranched alkanes of at least 4 members (excludes halogenated alkanes) is 6. The number of hydrogen-bond donors (Lipinski definition) is 2. The first kappa shape index (κ1) is 25.8. The van der Waals surface area contributed by atoms with E-state index in [9.17, 15) is 0 Å². The molecule has 0 fully saturated rings. The quantitative estimate of drug-likeness (QED) is 0.254. The lowest BCUT2D eigenvalue weighted by molar-refractivity contribution is -0.132. The fourth-order valence-electron chi connectivity index (χ4n) is 3.19. The maximum absolute atomic E-state index is 6.12. The molecule has 1 aromatic rings. The molecule has 174 valence electrons. The summed E-state index contributed by atoms with van der Waals surface area (Å²) < 4.78 is 5.67. The molecule has 7 nitrogen and oxygen atoms in total. The summed E-state index contributed by atoms with van der Waals surface area (Å²) in [7, 11) is 0. The van der Waals surface area contributed by atoms with Crippen molar-refractivity contribution < 1.29 is 9.57 Å². The Balaban J connectivity index is 1.73. The summed E-state index contributed by atoms with van der Waals surface area (Å²) in [5.41, 5.74) is 11.8. The van der Waals surface area contributed by atoms with Gasteiger partial charge in [-0.2, -0.15) is 10.1 Å². The van der Waals surface area contributed by atoms with Crippen LogP contribution in [0.5, 0.6) is 5.75 Å². The average Bonchev–Trinajstić information content (AvgIpc) is 2.72. The van der Waals surface area contributed by atoms with E-state index in [1.165, 1.54) is 32.1 Å². The number of guanidine groups is 2. The summed E-state index contributed by atoms with van der Waals surface area (Å²) >= 11 is 18.0. The van der Waals surface area contributed by atoms with Crippen LogP contribution in [0.2, 0.25) is 15.1 Å². The predicted octanol–water partition coefficient (Wildman–Crippen LogP) is 5.76. The van der Waals surface area contributed by atoms with Crippen LogP contribution in [-0.2, 0) is 4.84 Å². The van der Waals surface area contributed by atoms with Gasteiger partial charge in [-0.15, -0.1) is 0 Å². The van der Waals surface area contributed by atoms with Gasteiger partial charge in [0.1, 0.15) is 5.75 Å². The van der Waals surface area contributed by atoms with E-state index in [2.05, 4.69) is 16.9 Å². The molecule has 0 aromatic heterocycles. The van der Waals surface area contributed by atoms with Crippen molar-refractivity contribution >= 4 is 46.7 Å². The van der Waals surface area contributed by atoms with Crippen LogP contribution >= 0.6 is 34.8 Å². The van der Waals surface area contributed by atoms with Crippen molar-refractivity contribution in [2.45, 2.75) is 70.9 Å². The lowest BCUT2D eigenvalue weighted by Gasteiger charge is -2.31. The van der Waals surface area contributed by atoms with Crippen molar-refractivity contribution in [3.63, 3.8) is 0 Å². The number of hydroxylamine groups is 2. The zero-order chi connectivity index (χ0) is 22.6. The molecule has 0 spiro atoms. The number of ether oxygens (including phenoxy) is 1. The van der Waals surface area contributed by atoms with Crippen LogP contribution in [0.15, 0.2) is 22.1 Å². The highest BCUT2D eigenvalue weighted by Gasteiger charge is 2.25. The highest BCUT2D eigenvalue weighted by molar-refractivity contribution is 6.43. The van der Waals surface area contributed by atoms with Crippen LogP contribution in [0.25, 0.3) is 0 Å². The molecule has 0 amide bonds. The van der Waals surface area contributed by atoms with E-state index >= 15 is 0 Å². The molecule has 1 heterocycles. The third-order valence-electron chi connectivity index (χ3n) is 4.82. The zero-order valence-corrected chi connectivity index (χ0v) is 20.2. The molecule has 0 aliphatic carbocycles. The SMILES string of the molecule is CCCCCCCCCC1N=C(N)N=C(N)N1OCCCOc1cc(Cl)c(Cl)cc1Cl. The Hall–Kier alpha value is -1.41. The number of benzene rings is 1. The fourth-order valence-corrected chi connectivity index (χ4v) is 3.78. The van der Waals surface area contributed by atoms with Crippen LogP contribution < -0.4 is 16.2 Å². The Morgan fingerprint density at radius 1 is 0.903 bits per heavy atom. The molecule has 1 unspecified atom stereocenters. The second kappa shape index (κ2) is 13.9. The Kier molecular flexibility index (Phi) is 11.6. The first-order chi connectivity index (χ1) is 14.9. The molecule has 1 aliphatic rings. The molecule has 1 aliphatic heterocycles. The van der Waals surface area contributed by atoms with Gasteiger partial charge in [-0.3, -0.25) is 4.84 Å². The molecule has 0 bridgehead atoms. The van der Waals surface area contributed by atoms with Crippen molar-refractivity contribution in [3.05, 3.63) is 27.2 Å². The van der Waals surface area contributed by atoms with Crippen LogP contribution in [0.3, 0.4) is 0 Å². The Bertz CT molecular complexity index is 761. The first-order valence-corrected chi connectivity index (χ1v) is 11.9. The van der Waals surface area contributed by atoms with E-state index in [0.717, 1.165) is 19.3 Å². The van der Waals surface area contributed by atoms with Gasteiger partial charge in [-0.05, 0) is 18.9 Å². The van der Waals surface area contributed by atoms with E-state index in [1.54, 1.807) is 17.2 Å². The van der Waals surface area contributed by atoms with Crippen molar-refractivity contribution in [3.8, 4) is 5.75 Å². The van der Waals surface area contributed by atoms with E-state index in [4.69, 9.17) is 55.8 Å². The minimum Gasteiger partial charge on any atom is -0.492 e. The van der Waals surface area contributed by atoms with Crippen LogP contribution in [0, 0.1) is 0 Å². The molecule has 4 N–H and O–H groups in total. The van der Waals surface area contributed by atoms with Gasteiger partial charge in [0, 0.05) is 12.5 Å². The van der Waals surface area contributed by atoms with Gasteiger partial charge in [0.2, 0.25) is 11.9 Å². The van der Waals surface area contributed by atoms with Gasteiger partial charge in [-0.1, -0.05) is 80.3 Å². The summed E-state index contributed by atoms with van der Waals surface area (Å²) in [6, 6.07) is 3.15. The minimum absolute atomic E-state index is 0.183. The van der Waals surface area contributed by atoms with Gasteiger partial charge in [-0.25, -0.2) is 4.99 Å². The number of nitrogens with two attached hydrogens (primary N) is 2. The molecular weight excluding hydrogens is 461 g/mol. The Morgan fingerprint density at radius 2 is 1.58 bits per heavy atom. The lowest BCUT2D eigenvalue weighted by Crippen LogP contribution is -2.48. The molecule has 0 saturated carbocycles. The topological polar surface area (TPSA) is 98.5 Å². The van der Waals surface area contributed by atoms with Crippen LogP contribution in [0.4, 0.5) is 0 Å². The summed E-state index contributed by atoms with van der Waals surface area (Å²) in [5.74, 6) is 0.876. The van der Waals surface area contributed by atoms with E-state index in [1.807, 2.05) is 0 Å². The first-order valence-electron chi connectivity index (χ1n) is 10.8. The third kappa shape index (κ3) is 8.93. The molecule has 31 heavy (non-hydrogen) atoms. The molecule has 10 heteroatoms. The fraction of sp³-hybridized carbons (Fsp3) is 0.619. The van der Waals surface area contributed by atoms with Gasteiger partial charge < -0.3 is 16.2 Å². The van der Waals surface area contributed by atoms with Gasteiger partial charge in [0.25, 0.3) is 0 Å². The molecule has 0 radical (unpaired) electrons. The Labute approximate surface area is 199 Å². The predicted molar refractivity (Wildman–Crippen MR) is 129 cm³/mol. The van der Waals surface area contributed by atoms with Gasteiger partial charge >= 0.3 is 0 Å². The summed E-state index contributed by atoms with van der Waals surface area (Å²) in [4.78, 5) is 14.2. The highest BCUT2D eigenvalue weighted by Crippen LogP contribution is 2.33. The standard InChI is InChI=1S/C21H32Cl3N5O2/c1-2-3-4-5-6-7-8-10-19-27-20(25)28-21(26)29(19)31-12-9-11-30-18-14-16(23)15(22)13-17(18)24/h13-14,19H,2-12H2,1H3,(H4,25,26,27,28). The summed E-state index contributed by atoms with van der Waals surface area (Å²) in [6.07, 6.45) is 9.68. The van der Waals surface area contributed by atoms with Crippen molar-refractivity contribution in [2.24, 2.45) is 21.5 Å². The maximum Gasteiger partial charge on any atom is 0.225 e. The Morgan fingerprint density at radius 3 is 2.32 bits per heavy atom. The maximum atomic E-state index is 6.12. The van der Waals surface area contributed by atoms with Crippen molar-refractivity contribution in [1.29, 1.82) is 0 Å². The largest absolute Gasteiger partial charge is 0.492 e. The molecule has 1 atom stereocenters. The average molecular weight is 493 g/mol. The number of aliphatic imine (C=N–C) groups is 2. The number of hydrogen-bond acceptors (Lipinski definition) is 7. The minimum atomic E-state index is -0.265. The third-order valence-corrected chi connectivity index (χ3v) is 5.84.